The third-order valence-electron chi connectivity index (χ3n) is 5.47. The molecule has 2 aromatic carbocycles. The molecule has 3 unspecified atom stereocenters. The second-order valence-corrected chi connectivity index (χ2v) is 9.90. The van der Waals surface area contributed by atoms with Gasteiger partial charge >= 0.3 is 0 Å². The molecule has 3 atom stereocenters. The summed E-state index contributed by atoms with van der Waals surface area (Å²) >= 11 is 6.35. The molecule has 1 N–H and O–H groups in total. The summed E-state index contributed by atoms with van der Waals surface area (Å²) in [5.41, 5.74) is 1.59. The van der Waals surface area contributed by atoms with Crippen molar-refractivity contribution in [2.24, 2.45) is 5.92 Å². The summed E-state index contributed by atoms with van der Waals surface area (Å²) in [6.07, 6.45) is 2.34. The van der Waals surface area contributed by atoms with Crippen LogP contribution in [-0.4, -0.2) is 46.0 Å². The lowest BCUT2D eigenvalue weighted by Gasteiger charge is -2.31. The van der Waals surface area contributed by atoms with Crippen molar-refractivity contribution < 1.29 is 18.0 Å². The number of aliphatic hydroxyl groups is 1. The molecule has 30 heavy (non-hydrogen) atoms. The first-order valence-corrected chi connectivity index (χ1v) is 11.5. The highest BCUT2D eigenvalue weighted by atomic mass is 35.5. The lowest BCUT2D eigenvalue weighted by molar-refractivity contribution is 0.166. The minimum atomic E-state index is -3.78. The fraction of sp³-hybridized carbons (Fsp3) is 0.333. The zero-order chi connectivity index (χ0) is 21.1. The number of alkyl halides is 1. The van der Waals surface area contributed by atoms with E-state index in [1.807, 2.05) is 24.3 Å². The molecule has 1 aliphatic rings. The Bertz CT molecular complexity index is 1060. The van der Waals surface area contributed by atoms with Gasteiger partial charge in [-0.3, -0.25) is 0 Å². The Morgan fingerprint density at radius 2 is 1.83 bits per heavy atom. The van der Waals surface area contributed by atoms with E-state index in [2.05, 4.69) is 10.1 Å². The summed E-state index contributed by atoms with van der Waals surface area (Å²) in [5.74, 6) is 0.265. The van der Waals surface area contributed by atoms with Crippen molar-refractivity contribution in [3.8, 4) is 11.4 Å². The molecule has 0 spiro atoms. The molecule has 0 saturated heterocycles. The molecule has 3 aromatic rings. The molecule has 1 fully saturated rings. The van der Waals surface area contributed by atoms with Gasteiger partial charge in [-0.1, -0.05) is 47.6 Å². The molecule has 1 heterocycles. The molecule has 9 heteroatoms. The van der Waals surface area contributed by atoms with Crippen LogP contribution in [0.4, 0.5) is 0 Å². The van der Waals surface area contributed by atoms with E-state index in [9.17, 15) is 13.5 Å². The summed E-state index contributed by atoms with van der Waals surface area (Å²) in [7, 11) is -3.78. The van der Waals surface area contributed by atoms with E-state index in [-0.39, 0.29) is 35.4 Å². The number of aromatic nitrogens is 2. The minimum Gasteiger partial charge on any atom is -0.396 e. The zero-order valence-corrected chi connectivity index (χ0v) is 17.7. The van der Waals surface area contributed by atoms with Gasteiger partial charge in [-0.25, -0.2) is 8.42 Å². The second-order valence-electron chi connectivity index (χ2n) is 7.39. The van der Waals surface area contributed by atoms with Crippen LogP contribution in [0.25, 0.3) is 11.4 Å². The molecular weight excluding hydrogens is 426 g/mol. The molecule has 1 aliphatic carbocycles. The van der Waals surface area contributed by atoms with E-state index in [0.717, 1.165) is 11.1 Å². The van der Waals surface area contributed by atoms with Gasteiger partial charge in [0, 0.05) is 36.1 Å². The van der Waals surface area contributed by atoms with Crippen LogP contribution in [0.5, 0.6) is 0 Å². The lowest BCUT2D eigenvalue weighted by Crippen LogP contribution is -2.42. The number of halogens is 1. The van der Waals surface area contributed by atoms with Gasteiger partial charge in [0.2, 0.25) is 22.2 Å². The van der Waals surface area contributed by atoms with Crippen molar-refractivity contribution in [1.82, 2.24) is 14.4 Å². The van der Waals surface area contributed by atoms with Gasteiger partial charge in [0.05, 0.1) is 4.90 Å². The van der Waals surface area contributed by atoms with E-state index >= 15 is 0 Å². The van der Waals surface area contributed by atoms with E-state index in [1.54, 1.807) is 30.3 Å². The van der Waals surface area contributed by atoms with Crippen LogP contribution in [0.2, 0.25) is 0 Å². The maximum Gasteiger partial charge on any atom is 0.243 e. The standard InChI is InChI=1S/C21H22ClN3O4S/c22-18-10-17(13-26)20(11-18)25(30(27,28)19-4-2-1-3-5-19)12-15-6-8-16(9-7-15)21-23-14-29-24-21/h1-9,14,17-18,20,26H,10-13H2. The van der Waals surface area contributed by atoms with Crippen LogP contribution >= 0.6 is 11.6 Å². The van der Waals surface area contributed by atoms with Crippen LogP contribution in [0.15, 0.2) is 70.4 Å². The van der Waals surface area contributed by atoms with Gasteiger partial charge in [-0.05, 0) is 30.5 Å². The van der Waals surface area contributed by atoms with Gasteiger partial charge in [0.1, 0.15) is 0 Å². The number of sulfonamides is 1. The Morgan fingerprint density at radius 1 is 1.10 bits per heavy atom. The number of hydrogen-bond acceptors (Lipinski definition) is 6. The molecule has 0 radical (unpaired) electrons. The summed E-state index contributed by atoms with van der Waals surface area (Å²) in [6, 6.07) is 15.3. The number of benzene rings is 2. The highest BCUT2D eigenvalue weighted by Gasteiger charge is 2.42. The first-order chi connectivity index (χ1) is 14.5. The Labute approximate surface area is 180 Å². The van der Waals surface area contributed by atoms with Gasteiger partial charge in [0.15, 0.2) is 0 Å². The van der Waals surface area contributed by atoms with Crippen LogP contribution in [0, 0.1) is 5.92 Å². The molecule has 1 aromatic heterocycles. The van der Waals surface area contributed by atoms with Crippen molar-refractivity contribution in [3.05, 3.63) is 66.6 Å². The Kier molecular flexibility index (Phi) is 6.19. The smallest absolute Gasteiger partial charge is 0.243 e. The Morgan fingerprint density at radius 3 is 2.47 bits per heavy atom. The predicted molar refractivity (Wildman–Crippen MR) is 112 cm³/mol. The topological polar surface area (TPSA) is 96.5 Å². The minimum absolute atomic E-state index is 0.106. The zero-order valence-electron chi connectivity index (χ0n) is 16.1. The van der Waals surface area contributed by atoms with Gasteiger partial charge in [-0.2, -0.15) is 9.29 Å². The molecule has 0 aliphatic heterocycles. The average molecular weight is 448 g/mol. The maximum atomic E-state index is 13.5. The number of aliphatic hydroxyl groups excluding tert-OH is 1. The van der Waals surface area contributed by atoms with Crippen molar-refractivity contribution >= 4 is 21.6 Å². The van der Waals surface area contributed by atoms with Crippen LogP contribution < -0.4 is 0 Å². The highest BCUT2D eigenvalue weighted by Crippen LogP contribution is 2.37. The first-order valence-electron chi connectivity index (χ1n) is 9.66. The van der Waals surface area contributed by atoms with Crippen LogP contribution in [0.3, 0.4) is 0 Å². The maximum absolute atomic E-state index is 13.5. The normalized spacial score (nSPS) is 21.9. The fourth-order valence-electron chi connectivity index (χ4n) is 3.93. The summed E-state index contributed by atoms with van der Waals surface area (Å²) in [6.45, 7) is 0.0694. The van der Waals surface area contributed by atoms with Gasteiger partial charge in [0.25, 0.3) is 0 Å². The monoisotopic (exact) mass is 447 g/mol. The molecule has 4 rings (SSSR count). The SMILES string of the molecule is O=S(=O)(c1ccccc1)N(Cc1ccc(-c2ncon2)cc1)C1CC(Cl)CC1CO. The second kappa shape index (κ2) is 8.85. The number of rotatable bonds is 7. The Hall–Kier alpha value is -2.26. The number of hydrogen-bond donors (Lipinski definition) is 1. The van der Waals surface area contributed by atoms with Crippen LogP contribution in [-0.2, 0) is 16.6 Å². The summed E-state index contributed by atoms with van der Waals surface area (Å²) < 4.78 is 33.3. The molecule has 158 valence electrons. The van der Waals surface area contributed by atoms with Gasteiger partial charge in [-0.15, -0.1) is 11.6 Å². The number of nitrogens with zero attached hydrogens (tertiary/aromatic N) is 3. The summed E-state index contributed by atoms with van der Waals surface area (Å²) in [4.78, 5) is 4.25. The third kappa shape index (κ3) is 4.27. The lowest BCUT2D eigenvalue weighted by atomic mass is 10.0. The van der Waals surface area contributed by atoms with Gasteiger partial charge < -0.3 is 9.63 Å². The van der Waals surface area contributed by atoms with Crippen LogP contribution in [0.1, 0.15) is 18.4 Å². The molecule has 0 bridgehead atoms. The quantitative estimate of drug-likeness (QED) is 0.558. The predicted octanol–water partition coefficient (Wildman–Crippen LogP) is 3.31. The molecule has 0 amide bonds. The van der Waals surface area contributed by atoms with E-state index in [4.69, 9.17) is 16.1 Å². The highest BCUT2D eigenvalue weighted by molar-refractivity contribution is 7.89. The molecule has 1 saturated carbocycles. The summed E-state index contributed by atoms with van der Waals surface area (Å²) in [5, 5.41) is 13.5. The average Bonchev–Trinajstić information content (AvgIpc) is 3.42. The van der Waals surface area contributed by atoms with E-state index in [1.165, 1.54) is 10.7 Å². The Balaban J connectivity index is 1.67. The fourth-order valence-corrected chi connectivity index (χ4v) is 6.05. The third-order valence-corrected chi connectivity index (χ3v) is 7.71. The first kappa shape index (κ1) is 21.0. The van der Waals surface area contributed by atoms with Crippen molar-refractivity contribution in [2.75, 3.05) is 6.61 Å². The van der Waals surface area contributed by atoms with Crippen molar-refractivity contribution in [1.29, 1.82) is 0 Å². The molecule has 7 nitrogen and oxygen atoms in total. The van der Waals surface area contributed by atoms with Crippen molar-refractivity contribution in [2.45, 2.75) is 35.7 Å². The molecular formula is C21H22ClN3O4S. The largest absolute Gasteiger partial charge is 0.396 e. The van der Waals surface area contributed by atoms with E-state index in [0.29, 0.717) is 18.7 Å². The van der Waals surface area contributed by atoms with Crippen molar-refractivity contribution in [3.63, 3.8) is 0 Å². The van der Waals surface area contributed by atoms with E-state index < -0.39 is 10.0 Å².